The molecule has 0 spiro atoms. The molecular formula is C17H25NO4Si. The van der Waals surface area contributed by atoms with Gasteiger partial charge >= 0.3 is 12.1 Å². The predicted molar refractivity (Wildman–Crippen MR) is 93.5 cm³/mol. The fourth-order valence-electron chi connectivity index (χ4n) is 2.64. The first-order valence-electron chi connectivity index (χ1n) is 7.49. The number of nitrogens with one attached hydrogen (secondary N) is 1. The minimum absolute atomic E-state index is 0.165. The molecule has 126 valence electrons. The van der Waals surface area contributed by atoms with Crippen LogP contribution in [0.4, 0.5) is 4.79 Å². The Morgan fingerprint density at radius 2 is 1.74 bits per heavy atom. The maximum Gasteiger partial charge on any atom is 0.407 e. The Bertz CT molecular complexity index is 557. The average Bonchev–Trinajstić information content (AvgIpc) is 2.57. The van der Waals surface area contributed by atoms with E-state index >= 15 is 0 Å². The number of amides is 1. The van der Waals surface area contributed by atoms with Gasteiger partial charge in [-0.2, -0.15) is 0 Å². The molecule has 0 saturated carbocycles. The standard InChI is InChI=1S/C17H25NO4Si/c1-6-10-14(15(16(19)21-2)18-17(20)22-3)23(4,5)13-11-8-7-9-12-13/h6-12,14-15H,1-5H3,(H,18,20)/b10-6+/t14-,15+/m1/s1. The summed E-state index contributed by atoms with van der Waals surface area (Å²) in [7, 11) is 0.480. The quantitative estimate of drug-likeness (QED) is 0.493. The molecule has 1 amide bonds. The lowest BCUT2D eigenvalue weighted by molar-refractivity contribution is -0.142. The highest BCUT2D eigenvalue weighted by Crippen LogP contribution is 2.28. The first kappa shape index (κ1) is 19.0. The monoisotopic (exact) mass is 335 g/mol. The van der Waals surface area contributed by atoms with Gasteiger partial charge in [-0.05, 0) is 6.92 Å². The number of ether oxygens (including phenoxy) is 2. The summed E-state index contributed by atoms with van der Waals surface area (Å²) in [6.07, 6.45) is 3.22. The lowest BCUT2D eigenvalue weighted by atomic mass is 10.2. The van der Waals surface area contributed by atoms with E-state index in [1.54, 1.807) is 0 Å². The van der Waals surface area contributed by atoms with Crippen molar-refractivity contribution >= 4 is 25.3 Å². The molecule has 1 N–H and O–H groups in total. The van der Waals surface area contributed by atoms with Crippen molar-refractivity contribution in [2.24, 2.45) is 0 Å². The number of carbonyl (C=O) groups excluding carboxylic acids is 2. The van der Waals surface area contributed by atoms with E-state index in [0.717, 1.165) is 0 Å². The number of benzene rings is 1. The molecule has 23 heavy (non-hydrogen) atoms. The van der Waals surface area contributed by atoms with Crippen molar-refractivity contribution in [1.29, 1.82) is 0 Å². The van der Waals surface area contributed by atoms with Crippen LogP contribution in [-0.2, 0) is 14.3 Å². The van der Waals surface area contributed by atoms with Gasteiger partial charge in [-0.25, -0.2) is 9.59 Å². The summed E-state index contributed by atoms with van der Waals surface area (Å²) in [4.78, 5) is 23.9. The molecule has 5 nitrogen and oxygen atoms in total. The molecule has 0 unspecified atom stereocenters. The number of carbonyl (C=O) groups is 2. The summed E-state index contributed by atoms with van der Waals surface area (Å²) in [6.45, 7) is 6.23. The summed E-state index contributed by atoms with van der Waals surface area (Å²) in [6, 6.07) is 9.27. The predicted octanol–water partition coefficient (Wildman–Crippen LogP) is 2.45. The highest BCUT2D eigenvalue weighted by atomic mass is 28.3. The second-order valence-corrected chi connectivity index (χ2v) is 10.5. The molecule has 0 fully saturated rings. The Labute approximate surface area is 138 Å². The Hall–Kier alpha value is -2.08. The summed E-state index contributed by atoms with van der Waals surface area (Å²) < 4.78 is 9.55. The summed E-state index contributed by atoms with van der Waals surface area (Å²) in [5.41, 5.74) is -0.165. The van der Waals surface area contributed by atoms with Crippen LogP contribution >= 0.6 is 0 Å². The van der Waals surface area contributed by atoms with Crippen molar-refractivity contribution < 1.29 is 19.1 Å². The average molecular weight is 335 g/mol. The third kappa shape index (κ3) is 4.69. The van der Waals surface area contributed by atoms with Crippen molar-refractivity contribution in [1.82, 2.24) is 5.32 Å². The zero-order valence-corrected chi connectivity index (χ0v) is 15.3. The van der Waals surface area contributed by atoms with Gasteiger partial charge in [0.15, 0.2) is 0 Å². The van der Waals surface area contributed by atoms with Gasteiger partial charge in [0, 0.05) is 5.54 Å². The van der Waals surface area contributed by atoms with Gasteiger partial charge in [-0.3, -0.25) is 0 Å². The zero-order chi connectivity index (χ0) is 17.5. The molecule has 0 heterocycles. The smallest absolute Gasteiger partial charge is 0.407 e. The minimum Gasteiger partial charge on any atom is -0.467 e. The number of alkyl carbamates (subject to hydrolysis) is 1. The van der Waals surface area contributed by atoms with Gasteiger partial charge in [0.05, 0.1) is 22.3 Å². The van der Waals surface area contributed by atoms with Gasteiger partial charge in [0.2, 0.25) is 0 Å². The van der Waals surface area contributed by atoms with Crippen LogP contribution in [0, 0.1) is 0 Å². The first-order valence-corrected chi connectivity index (χ1v) is 10.6. The van der Waals surface area contributed by atoms with Gasteiger partial charge < -0.3 is 14.8 Å². The number of hydrogen-bond donors (Lipinski definition) is 1. The molecular weight excluding hydrogens is 310 g/mol. The Kier molecular flexibility index (Phi) is 7.03. The van der Waals surface area contributed by atoms with E-state index in [1.807, 2.05) is 37.3 Å². The van der Waals surface area contributed by atoms with E-state index in [9.17, 15) is 9.59 Å². The first-order chi connectivity index (χ1) is 10.9. The van der Waals surface area contributed by atoms with Crippen LogP contribution in [0.1, 0.15) is 6.92 Å². The van der Waals surface area contributed by atoms with Crippen molar-refractivity contribution in [3.8, 4) is 0 Å². The van der Waals surface area contributed by atoms with Crippen molar-refractivity contribution in [2.45, 2.75) is 31.6 Å². The number of methoxy groups -OCH3 is 2. The normalized spacial score (nSPS) is 14.1. The largest absolute Gasteiger partial charge is 0.467 e. The third-order valence-electron chi connectivity index (χ3n) is 4.02. The second-order valence-electron chi connectivity index (χ2n) is 5.78. The Morgan fingerprint density at radius 3 is 2.22 bits per heavy atom. The van der Waals surface area contributed by atoms with Gasteiger partial charge in [0.25, 0.3) is 0 Å². The van der Waals surface area contributed by atoms with Crippen LogP contribution < -0.4 is 10.5 Å². The summed E-state index contributed by atoms with van der Waals surface area (Å²) in [5, 5.41) is 3.82. The maximum atomic E-state index is 12.3. The van der Waals surface area contributed by atoms with E-state index in [0.29, 0.717) is 0 Å². The molecule has 0 radical (unpaired) electrons. The number of esters is 1. The molecule has 2 atom stereocenters. The topological polar surface area (TPSA) is 64.6 Å². The van der Waals surface area contributed by atoms with E-state index in [4.69, 9.17) is 4.74 Å². The molecule has 0 aliphatic heterocycles. The van der Waals surface area contributed by atoms with Crippen LogP contribution in [0.15, 0.2) is 42.5 Å². The van der Waals surface area contributed by atoms with Crippen LogP contribution in [0.3, 0.4) is 0 Å². The Morgan fingerprint density at radius 1 is 1.13 bits per heavy atom. The SMILES string of the molecule is C/C=C/[C@H]([C@H](NC(=O)OC)C(=O)OC)[Si](C)(C)c1ccccc1. The zero-order valence-electron chi connectivity index (χ0n) is 14.3. The number of allylic oxidation sites excluding steroid dienone is 1. The summed E-state index contributed by atoms with van der Waals surface area (Å²) >= 11 is 0. The van der Waals surface area contributed by atoms with Crippen molar-refractivity contribution in [3.63, 3.8) is 0 Å². The maximum absolute atomic E-state index is 12.3. The lowest BCUT2D eigenvalue weighted by Crippen LogP contribution is -2.56. The van der Waals surface area contributed by atoms with E-state index in [1.165, 1.54) is 19.4 Å². The van der Waals surface area contributed by atoms with Crippen molar-refractivity contribution in [2.75, 3.05) is 14.2 Å². The molecule has 6 heteroatoms. The van der Waals surface area contributed by atoms with Crippen molar-refractivity contribution in [3.05, 3.63) is 42.5 Å². The Balaban J connectivity index is 3.28. The molecule has 0 saturated heterocycles. The van der Waals surface area contributed by atoms with Gasteiger partial charge in [-0.1, -0.05) is 60.8 Å². The molecule has 1 aromatic carbocycles. The summed E-state index contributed by atoms with van der Waals surface area (Å²) in [5.74, 6) is -0.477. The van der Waals surface area contributed by atoms with Gasteiger partial charge in [0.1, 0.15) is 6.04 Å². The van der Waals surface area contributed by atoms with E-state index < -0.39 is 26.2 Å². The van der Waals surface area contributed by atoms with Gasteiger partial charge in [-0.15, -0.1) is 0 Å². The molecule has 1 rings (SSSR count). The molecule has 0 aromatic heterocycles. The minimum atomic E-state index is -2.11. The molecule has 1 aromatic rings. The van der Waals surface area contributed by atoms with Crippen LogP contribution in [0.2, 0.25) is 18.6 Å². The molecule has 0 aliphatic rings. The lowest BCUT2D eigenvalue weighted by Gasteiger charge is -2.35. The molecule has 0 aliphatic carbocycles. The second kappa shape index (κ2) is 8.52. The fourth-order valence-corrected chi connectivity index (χ4v) is 5.81. The van der Waals surface area contributed by atoms with Crippen LogP contribution in [-0.4, -0.2) is 40.4 Å². The van der Waals surface area contributed by atoms with E-state index in [-0.39, 0.29) is 5.54 Å². The highest BCUT2D eigenvalue weighted by Gasteiger charge is 2.42. The van der Waals surface area contributed by atoms with Crippen LogP contribution in [0.5, 0.6) is 0 Å². The number of hydrogen-bond acceptors (Lipinski definition) is 4. The number of rotatable bonds is 6. The highest BCUT2D eigenvalue weighted by molar-refractivity contribution is 6.91. The molecule has 0 bridgehead atoms. The fraction of sp³-hybridized carbons (Fsp3) is 0.412. The third-order valence-corrected chi connectivity index (χ3v) is 8.04. The van der Waals surface area contributed by atoms with Crippen LogP contribution in [0.25, 0.3) is 0 Å². The van der Waals surface area contributed by atoms with E-state index in [2.05, 4.69) is 35.3 Å².